The molecule has 4 rings (SSSR count). The molecule has 126 valence electrons. The average Bonchev–Trinajstić information content (AvgIpc) is 3.23. The Morgan fingerprint density at radius 2 is 2.16 bits per heavy atom. The zero-order valence-corrected chi connectivity index (χ0v) is 14.1. The normalized spacial score (nSPS) is 17.2. The highest BCUT2D eigenvalue weighted by atomic mass is 35.5. The van der Waals surface area contributed by atoms with Gasteiger partial charge in [0.1, 0.15) is 5.69 Å². The van der Waals surface area contributed by atoms with Crippen LogP contribution in [0.1, 0.15) is 23.8 Å². The van der Waals surface area contributed by atoms with Crippen LogP contribution in [-0.2, 0) is 11.3 Å². The number of benzene rings is 1. The highest BCUT2D eigenvalue weighted by molar-refractivity contribution is 6.30. The van der Waals surface area contributed by atoms with Crippen LogP contribution in [0.3, 0.4) is 0 Å². The summed E-state index contributed by atoms with van der Waals surface area (Å²) >= 11 is 6.01. The van der Waals surface area contributed by atoms with Crippen LogP contribution in [0.2, 0.25) is 5.02 Å². The number of halogens is 1. The maximum Gasteiger partial charge on any atom is 0.232 e. The highest BCUT2D eigenvalue weighted by Gasteiger charge is 2.34. The largest absolute Gasteiger partial charge is 0.339 e. The minimum absolute atomic E-state index is 0.0718. The molecule has 0 radical (unpaired) electrons. The van der Waals surface area contributed by atoms with Crippen molar-refractivity contribution in [3.05, 3.63) is 65.1 Å². The van der Waals surface area contributed by atoms with E-state index in [0.717, 1.165) is 5.56 Å². The van der Waals surface area contributed by atoms with Crippen molar-refractivity contribution < 1.29 is 9.32 Å². The molecule has 1 atom stereocenters. The molecular formula is C18H15ClN4O2. The van der Waals surface area contributed by atoms with Crippen LogP contribution in [0, 0.1) is 0 Å². The summed E-state index contributed by atoms with van der Waals surface area (Å²) in [5, 5.41) is 4.65. The number of hydrogen-bond acceptors (Lipinski definition) is 5. The summed E-state index contributed by atoms with van der Waals surface area (Å²) < 4.78 is 5.37. The second-order valence-corrected chi connectivity index (χ2v) is 6.41. The molecule has 3 heterocycles. The van der Waals surface area contributed by atoms with E-state index < -0.39 is 0 Å². The van der Waals surface area contributed by atoms with Crippen LogP contribution in [-0.4, -0.2) is 32.5 Å². The summed E-state index contributed by atoms with van der Waals surface area (Å²) in [7, 11) is 0. The van der Waals surface area contributed by atoms with Crippen molar-refractivity contribution in [2.45, 2.75) is 18.9 Å². The van der Waals surface area contributed by atoms with Crippen molar-refractivity contribution in [1.82, 2.24) is 20.0 Å². The minimum Gasteiger partial charge on any atom is -0.339 e. The molecule has 1 amide bonds. The lowest BCUT2D eigenvalue weighted by atomic mass is 10.1. The van der Waals surface area contributed by atoms with Crippen molar-refractivity contribution in [3.63, 3.8) is 0 Å². The lowest BCUT2D eigenvalue weighted by molar-refractivity contribution is -0.128. The van der Waals surface area contributed by atoms with Crippen LogP contribution in [0.5, 0.6) is 0 Å². The van der Waals surface area contributed by atoms with Gasteiger partial charge in [0.15, 0.2) is 0 Å². The molecule has 1 aliphatic rings. The van der Waals surface area contributed by atoms with Gasteiger partial charge in [-0.3, -0.25) is 9.78 Å². The van der Waals surface area contributed by atoms with Gasteiger partial charge in [-0.2, -0.15) is 4.98 Å². The van der Waals surface area contributed by atoms with Crippen molar-refractivity contribution in [2.75, 3.05) is 6.54 Å². The second kappa shape index (κ2) is 6.64. The van der Waals surface area contributed by atoms with E-state index in [2.05, 4.69) is 15.1 Å². The van der Waals surface area contributed by atoms with Gasteiger partial charge in [-0.25, -0.2) is 0 Å². The van der Waals surface area contributed by atoms with E-state index in [1.54, 1.807) is 11.1 Å². The summed E-state index contributed by atoms with van der Waals surface area (Å²) in [4.78, 5) is 22.7. The van der Waals surface area contributed by atoms with Gasteiger partial charge in [0.2, 0.25) is 17.6 Å². The monoisotopic (exact) mass is 354 g/mol. The third-order valence-electron chi connectivity index (χ3n) is 4.16. The molecule has 2 aromatic heterocycles. The number of aromatic nitrogens is 3. The predicted molar refractivity (Wildman–Crippen MR) is 91.8 cm³/mol. The summed E-state index contributed by atoms with van der Waals surface area (Å²) in [6.07, 6.45) is 2.04. The van der Waals surface area contributed by atoms with Gasteiger partial charge in [-0.1, -0.05) is 35.0 Å². The van der Waals surface area contributed by atoms with E-state index in [1.807, 2.05) is 42.5 Å². The standard InChI is InChI=1S/C18H15ClN4O2/c19-14-5-3-4-12(8-14)10-23-11-13(9-16(23)24)18-21-17(22-25-18)15-6-1-2-7-20-15/h1-8,13H,9-11H2. The lowest BCUT2D eigenvalue weighted by Crippen LogP contribution is -2.24. The third kappa shape index (κ3) is 3.39. The van der Waals surface area contributed by atoms with Crippen molar-refractivity contribution in [1.29, 1.82) is 0 Å². The lowest BCUT2D eigenvalue weighted by Gasteiger charge is -2.16. The molecule has 0 N–H and O–H groups in total. The third-order valence-corrected chi connectivity index (χ3v) is 4.40. The number of likely N-dealkylation sites (tertiary alicyclic amines) is 1. The summed E-state index contributed by atoms with van der Waals surface area (Å²) in [6.45, 7) is 1.08. The first-order chi connectivity index (χ1) is 12.2. The predicted octanol–water partition coefficient (Wildman–Crippen LogP) is 3.30. The second-order valence-electron chi connectivity index (χ2n) is 5.98. The number of hydrogen-bond donors (Lipinski definition) is 0. The Kier molecular flexibility index (Phi) is 4.19. The Balaban J connectivity index is 1.48. The first-order valence-corrected chi connectivity index (χ1v) is 8.34. The maximum atomic E-state index is 12.3. The molecule has 1 aromatic carbocycles. The fourth-order valence-electron chi connectivity index (χ4n) is 2.95. The zero-order chi connectivity index (χ0) is 17.2. The first kappa shape index (κ1) is 15.8. The number of rotatable bonds is 4. The van der Waals surface area contributed by atoms with Crippen LogP contribution in [0.25, 0.3) is 11.5 Å². The van der Waals surface area contributed by atoms with Crippen molar-refractivity contribution >= 4 is 17.5 Å². The molecule has 0 aliphatic carbocycles. The molecule has 1 unspecified atom stereocenters. The molecule has 1 fully saturated rings. The van der Waals surface area contributed by atoms with Gasteiger partial charge in [0.05, 0.1) is 5.92 Å². The molecule has 3 aromatic rings. The molecule has 0 bridgehead atoms. The van der Waals surface area contributed by atoms with Gasteiger partial charge < -0.3 is 9.42 Å². The molecule has 1 aliphatic heterocycles. The van der Waals surface area contributed by atoms with Crippen LogP contribution in [0.15, 0.2) is 53.2 Å². The van der Waals surface area contributed by atoms with E-state index in [-0.39, 0.29) is 11.8 Å². The molecule has 0 saturated carbocycles. The SMILES string of the molecule is O=C1CC(c2nc(-c3ccccn3)no2)CN1Cc1cccc(Cl)c1. The van der Waals surface area contributed by atoms with Crippen LogP contribution < -0.4 is 0 Å². The fourth-order valence-corrected chi connectivity index (χ4v) is 3.16. The Morgan fingerprint density at radius 3 is 2.96 bits per heavy atom. The highest BCUT2D eigenvalue weighted by Crippen LogP contribution is 2.29. The van der Waals surface area contributed by atoms with Gasteiger partial charge >= 0.3 is 0 Å². The molecule has 6 nitrogen and oxygen atoms in total. The average molecular weight is 355 g/mol. The van der Waals surface area contributed by atoms with Gasteiger partial charge in [0.25, 0.3) is 0 Å². The van der Waals surface area contributed by atoms with Crippen molar-refractivity contribution in [2.24, 2.45) is 0 Å². The van der Waals surface area contributed by atoms with Gasteiger partial charge in [-0.05, 0) is 29.8 Å². The smallest absolute Gasteiger partial charge is 0.232 e. The molecule has 7 heteroatoms. The molecule has 1 saturated heterocycles. The minimum atomic E-state index is -0.100. The van der Waals surface area contributed by atoms with E-state index in [0.29, 0.717) is 41.9 Å². The van der Waals surface area contributed by atoms with E-state index in [4.69, 9.17) is 16.1 Å². The zero-order valence-electron chi connectivity index (χ0n) is 13.3. The van der Waals surface area contributed by atoms with E-state index in [1.165, 1.54) is 0 Å². The number of carbonyl (C=O) groups excluding carboxylic acids is 1. The van der Waals surface area contributed by atoms with E-state index >= 15 is 0 Å². The van der Waals surface area contributed by atoms with E-state index in [9.17, 15) is 4.79 Å². The Labute approximate surface area is 149 Å². The van der Waals surface area contributed by atoms with Crippen LogP contribution in [0.4, 0.5) is 0 Å². The Hall–Kier alpha value is -2.73. The summed E-state index contributed by atoms with van der Waals surface area (Å²) in [5.41, 5.74) is 1.65. The number of amides is 1. The van der Waals surface area contributed by atoms with Crippen LogP contribution >= 0.6 is 11.6 Å². The summed E-state index contributed by atoms with van der Waals surface area (Å²) in [6, 6.07) is 13.0. The topological polar surface area (TPSA) is 72.1 Å². The Morgan fingerprint density at radius 1 is 1.24 bits per heavy atom. The first-order valence-electron chi connectivity index (χ1n) is 7.96. The molecular weight excluding hydrogens is 340 g/mol. The van der Waals surface area contributed by atoms with Gasteiger partial charge in [0, 0.05) is 30.7 Å². The quantitative estimate of drug-likeness (QED) is 0.718. The Bertz CT molecular complexity index is 897. The number of carbonyl (C=O) groups is 1. The fraction of sp³-hybridized carbons (Fsp3) is 0.222. The number of nitrogens with zero attached hydrogens (tertiary/aromatic N) is 4. The molecule has 25 heavy (non-hydrogen) atoms. The number of pyridine rings is 1. The maximum absolute atomic E-state index is 12.3. The van der Waals surface area contributed by atoms with Crippen molar-refractivity contribution in [3.8, 4) is 11.5 Å². The summed E-state index contributed by atoms with van der Waals surface area (Å²) in [5.74, 6) is 0.887. The van der Waals surface area contributed by atoms with Gasteiger partial charge in [-0.15, -0.1) is 0 Å². The molecule has 0 spiro atoms.